The maximum absolute atomic E-state index is 13.9. The van der Waals surface area contributed by atoms with E-state index in [1.807, 2.05) is 12.3 Å². The predicted molar refractivity (Wildman–Crippen MR) is 112 cm³/mol. The third kappa shape index (κ3) is 4.12. The second-order valence-electron chi connectivity index (χ2n) is 7.93. The molecule has 4 heterocycles. The molecule has 7 nitrogen and oxygen atoms in total. The summed E-state index contributed by atoms with van der Waals surface area (Å²) < 4.78 is 34.1. The Hall–Kier alpha value is -3.36. The molecule has 0 aromatic carbocycles. The van der Waals surface area contributed by atoms with Crippen LogP contribution in [0.15, 0.2) is 59.3 Å². The highest BCUT2D eigenvalue weighted by atomic mass is 19.1. The summed E-state index contributed by atoms with van der Waals surface area (Å²) in [6, 6.07) is 2.01. The van der Waals surface area contributed by atoms with Gasteiger partial charge in [0.1, 0.15) is 23.0 Å². The van der Waals surface area contributed by atoms with Gasteiger partial charge in [0, 0.05) is 24.7 Å². The van der Waals surface area contributed by atoms with Gasteiger partial charge in [-0.2, -0.15) is 5.10 Å². The third-order valence-electron chi connectivity index (χ3n) is 5.63. The first-order chi connectivity index (χ1) is 15.1. The third-order valence-corrected chi connectivity index (χ3v) is 5.63. The summed E-state index contributed by atoms with van der Waals surface area (Å²) in [6.45, 7) is 3.92. The average molecular weight is 424 g/mol. The highest BCUT2D eigenvalue weighted by Crippen LogP contribution is 2.40. The lowest BCUT2D eigenvalue weighted by Crippen LogP contribution is -2.29. The van der Waals surface area contributed by atoms with E-state index >= 15 is 0 Å². The molecule has 3 aromatic rings. The van der Waals surface area contributed by atoms with Crippen molar-refractivity contribution in [3.05, 3.63) is 60.8 Å². The first-order valence-electron chi connectivity index (χ1n) is 10.4. The van der Waals surface area contributed by atoms with Gasteiger partial charge in [0.25, 0.3) is 5.89 Å². The molecule has 5 rings (SSSR count). The fraction of sp³-hybridized carbons (Fsp3) is 0.364. The van der Waals surface area contributed by atoms with E-state index in [1.165, 1.54) is 6.08 Å². The summed E-state index contributed by atoms with van der Waals surface area (Å²) >= 11 is 0. The number of fused-ring (bicyclic) bond motifs is 1. The number of anilines is 1. The Kier molecular flexibility index (Phi) is 5.09. The molecule has 0 N–H and O–H groups in total. The molecule has 1 saturated carbocycles. The Morgan fingerprint density at radius 2 is 2.10 bits per heavy atom. The molecular weight excluding hydrogens is 402 g/mol. The summed E-state index contributed by atoms with van der Waals surface area (Å²) in [5.41, 5.74) is 1.33. The molecule has 0 amide bonds. The SMILES string of the molecule is C=C(F)/C=C\C(F)=C/CC1CCCN1c1ccn2ncc(-c3nnc(C4CC4)o3)c2n1. The second-order valence-corrected chi connectivity index (χ2v) is 7.93. The van der Waals surface area contributed by atoms with Crippen LogP contribution in [0, 0.1) is 0 Å². The zero-order valence-electron chi connectivity index (χ0n) is 16.9. The first-order valence-corrected chi connectivity index (χ1v) is 10.4. The van der Waals surface area contributed by atoms with Gasteiger partial charge in [-0.25, -0.2) is 18.3 Å². The van der Waals surface area contributed by atoms with Crippen molar-refractivity contribution in [2.75, 3.05) is 11.4 Å². The molecule has 1 unspecified atom stereocenters. The molecule has 2 aliphatic rings. The highest BCUT2D eigenvalue weighted by molar-refractivity contribution is 5.72. The van der Waals surface area contributed by atoms with Crippen molar-refractivity contribution in [1.82, 2.24) is 24.8 Å². The molecular formula is C22H22F2N6O. The maximum atomic E-state index is 13.9. The zero-order valence-corrected chi connectivity index (χ0v) is 16.9. The van der Waals surface area contributed by atoms with Crippen LogP contribution < -0.4 is 4.90 Å². The van der Waals surface area contributed by atoms with E-state index in [9.17, 15) is 8.78 Å². The molecule has 1 saturated heterocycles. The van der Waals surface area contributed by atoms with Crippen LogP contribution in [0.4, 0.5) is 14.6 Å². The lowest BCUT2D eigenvalue weighted by Gasteiger charge is -2.25. The number of hydrogen-bond donors (Lipinski definition) is 0. The molecule has 1 aliphatic heterocycles. The van der Waals surface area contributed by atoms with Gasteiger partial charge in [-0.1, -0.05) is 6.58 Å². The normalized spacial score (nSPS) is 19.7. The highest BCUT2D eigenvalue weighted by Gasteiger charge is 2.30. The molecule has 0 radical (unpaired) electrons. The quantitative estimate of drug-likeness (QED) is 0.502. The van der Waals surface area contributed by atoms with E-state index < -0.39 is 11.7 Å². The van der Waals surface area contributed by atoms with Gasteiger partial charge in [0.05, 0.1) is 6.20 Å². The monoisotopic (exact) mass is 424 g/mol. The van der Waals surface area contributed by atoms with Crippen LogP contribution in [0.2, 0.25) is 0 Å². The molecule has 31 heavy (non-hydrogen) atoms. The Bertz CT molecular complexity index is 1180. The van der Waals surface area contributed by atoms with Crippen molar-refractivity contribution >= 4 is 11.5 Å². The van der Waals surface area contributed by atoms with Gasteiger partial charge < -0.3 is 9.32 Å². The number of rotatable bonds is 7. The number of hydrogen-bond acceptors (Lipinski definition) is 6. The second kappa shape index (κ2) is 8.05. The van der Waals surface area contributed by atoms with Crippen molar-refractivity contribution in [3.8, 4) is 11.5 Å². The van der Waals surface area contributed by atoms with Crippen LogP contribution in [-0.4, -0.2) is 37.4 Å². The number of aromatic nitrogens is 5. The average Bonchev–Trinajstić information content (AvgIpc) is 3.17. The Labute approximate surface area is 177 Å². The van der Waals surface area contributed by atoms with Crippen LogP contribution in [-0.2, 0) is 0 Å². The van der Waals surface area contributed by atoms with Gasteiger partial charge in [0.2, 0.25) is 5.89 Å². The molecule has 0 bridgehead atoms. The van der Waals surface area contributed by atoms with Crippen LogP contribution >= 0.6 is 0 Å². The smallest absolute Gasteiger partial charge is 0.253 e. The molecule has 3 aromatic heterocycles. The van der Waals surface area contributed by atoms with E-state index in [4.69, 9.17) is 9.40 Å². The summed E-state index contributed by atoms with van der Waals surface area (Å²) in [6.07, 6.45) is 11.7. The fourth-order valence-corrected chi connectivity index (χ4v) is 3.88. The Morgan fingerprint density at radius 1 is 1.23 bits per heavy atom. The standard InChI is InChI=1S/C22H22F2N6O/c1-14(23)4-7-16(24)8-9-17-3-2-11-29(17)19-10-12-30-20(26-19)18(13-25-30)22-28-27-21(31-22)15-5-6-15/h4,7-8,10,12-13,15,17H,1-3,5-6,9,11H2/b7-4-,16-8+. The molecule has 1 atom stereocenters. The van der Waals surface area contributed by atoms with Crippen molar-refractivity contribution in [2.24, 2.45) is 0 Å². The van der Waals surface area contributed by atoms with Crippen molar-refractivity contribution in [1.29, 1.82) is 0 Å². The maximum Gasteiger partial charge on any atom is 0.253 e. The predicted octanol–water partition coefficient (Wildman–Crippen LogP) is 4.91. The van der Waals surface area contributed by atoms with Crippen LogP contribution in [0.5, 0.6) is 0 Å². The molecule has 2 fully saturated rings. The van der Waals surface area contributed by atoms with Crippen molar-refractivity contribution in [3.63, 3.8) is 0 Å². The van der Waals surface area contributed by atoms with Crippen molar-refractivity contribution in [2.45, 2.75) is 44.1 Å². The lowest BCUT2D eigenvalue weighted by atomic mass is 10.1. The van der Waals surface area contributed by atoms with Gasteiger partial charge in [-0.3, -0.25) is 0 Å². The Balaban J connectivity index is 1.38. The van der Waals surface area contributed by atoms with Crippen LogP contribution in [0.1, 0.15) is 43.9 Å². The van der Waals surface area contributed by atoms with E-state index in [0.29, 0.717) is 35.3 Å². The first kappa shape index (κ1) is 19.6. The molecule has 9 heteroatoms. The van der Waals surface area contributed by atoms with Gasteiger partial charge >= 0.3 is 0 Å². The molecule has 160 valence electrons. The largest absolute Gasteiger partial charge is 0.420 e. The van der Waals surface area contributed by atoms with Crippen LogP contribution in [0.25, 0.3) is 17.1 Å². The van der Waals surface area contributed by atoms with Gasteiger partial charge in [-0.15, -0.1) is 10.2 Å². The van der Waals surface area contributed by atoms with Gasteiger partial charge in [-0.05, 0) is 56.4 Å². The summed E-state index contributed by atoms with van der Waals surface area (Å²) in [5.74, 6) is 1.11. The summed E-state index contributed by atoms with van der Waals surface area (Å²) in [4.78, 5) is 6.98. The molecule has 1 aliphatic carbocycles. The lowest BCUT2D eigenvalue weighted by molar-refractivity contribution is 0.509. The van der Waals surface area contributed by atoms with Gasteiger partial charge in [0.15, 0.2) is 5.65 Å². The van der Waals surface area contributed by atoms with E-state index in [0.717, 1.165) is 50.2 Å². The summed E-state index contributed by atoms with van der Waals surface area (Å²) in [5, 5.41) is 12.7. The Morgan fingerprint density at radius 3 is 2.90 bits per heavy atom. The topological polar surface area (TPSA) is 72.3 Å². The van der Waals surface area contributed by atoms with E-state index in [2.05, 4.69) is 26.8 Å². The number of nitrogens with zero attached hydrogens (tertiary/aromatic N) is 6. The fourth-order valence-electron chi connectivity index (χ4n) is 3.88. The zero-order chi connectivity index (χ0) is 21.4. The minimum atomic E-state index is -0.675. The summed E-state index contributed by atoms with van der Waals surface area (Å²) in [7, 11) is 0. The van der Waals surface area contributed by atoms with E-state index in [-0.39, 0.29) is 6.04 Å². The van der Waals surface area contributed by atoms with E-state index in [1.54, 1.807) is 10.7 Å². The van der Waals surface area contributed by atoms with Crippen molar-refractivity contribution < 1.29 is 13.2 Å². The molecule has 0 spiro atoms. The van der Waals surface area contributed by atoms with Crippen LogP contribution in [0.3, 0.4) is 0 Å². The minimum absolute atomic E-state index is 0.110. The number of halogens is 2. The number of allylic oxidation sites excluding steroid dienone is 4. The minimum Gasteiger partial charge on any atom is -0.420 e.